The third-order valence-corrected chi connectivity index (χ3v) is 4.67. The van der Waals surface area contributed by atoms with Crippen LogP contribution in [0.2, 0.25) is 0 Å². The second-order valence-corrected chi connectivity index (χ2v) is 7.32. The summed E-state index contributed by atoms with van der Waals surface area (Å²) in [6.07, 6.45) is 0.294. The Morgan fingerprint density at radius 1 is 1.26 bits per heavy atom. The van der Waals surface area contributed by atoms with E-state index in [1.807, 2.05) is 48.9 Å². The van der Waals surface area contributed by atoms with Crippen LogP contribution in [0.3, 0.4) is 0 Å². The minimum absolute atomic E-state index is 0.345. The van der Waals surface area contributed by atoms with Gasteiger partial charge in [0.15, 0.2) is 0 Å². The Morgan fingerprint density at radius 2 is 2.00 bits per heavy atom. The van der Waals surface area contributed by atoms with E-state index in [4.69, 9.17) is 0 Å². The molecule has 4 heteroatoms. The summed E-state index contributed by atoms with van der Waals surface area (Å²) in [7, 11) is 0. The van der Waals surface area contributed by atoms with E-state index >= 15 is 0 Å². The number of aliphatic hydroxyl groups excluding tert-OH is 1. The summed E-state index contributed by atoms with van der Waals surface area (Å²) in [5, 5.41) is 23.6. The highest BCUT2D eigenvalue weighted by atomic mass is 32.1. The van der Waals surface area contributed by atoms with Crippen molar-refractivity contribution in [2.75, 3.05) is 13.1 Å². The Hall–Kier alpha value is -1.67. The average Bonchev–Trinajstić information content (AvgIpc) is 3.08. The molecule has 1 unspecified atom stereocenters. The van der Waals surface area contributed by atoms with Crippen molar-refractivity contribution in [2.45, 2.75) is 32.9 Å². The Kier molecular flexibility index (Phi) is 6.35. The first kappa shape index (κ1) is 17.7. The van der Waals surface area contributed by atoms with Crippen molar-refractivity contribution >= 4 is 11.3 Å². The van der Waals surface area contributed by atoms with Crippen LogP contribution in [0.5, 0.6) is 0 Å². The van der Waals surface area contributed by atoms with Crippen LogP contribution in [0.25, 0.3) is 0 Å². The van der Waals surface area contributed by atoms with Gasteiger partial charge in [0, 0.05) is 19.6 Å². The van der Waals surface area contributed by atoms with Gasteiger partial charge >= 0.3 is 0 Å². The summed E-state index contributed by atoms with van der Waals surface area (Å²) < 4.78 is 0. The number of hydrogen-bond acceptors (Lipinski definition) is 4. The minimum Gasteiger partial charge on any atom is -0.387 e. The van der Waals surface area contributed by atoms with Gasteiger partial charge in [-0.05, 0) is 48.2 Å². The van der Waals surface area contributed by atoms with E-state index in [9.17, 15) is 10.4 Å². The molecule has 1 atom stereocenters. The number of nitriles is 1. The maximum atomic E-state index is 10.4. The molecule has 122 valence electrons. The second-order valence-electron chi connectivity index (χ2n) is 6.54. The predicted molar refractivity (Wildman–Crippen MR) is 95.0 cm³/mol. The van der Waals surface area contributed by atoms with Crippen molar-refractivity contribution in [1.29, 1.82) is 5.26 Å². The summed E-state index contributed by atoms with van der Waals surface area (Å²) >= 11 is 1.60. The van der Waals surface area contributed by atoms with E-state index in [2.05, 4.69) is 23.1 Å². The van der Waals surface area contributed by atoms with Gasteiger partial charge in [-0.3, -0.25) is 4.90 Å². The molecule has 0 aliphatic heterocycles. The fraction of sp³-hybridized carbons (Fsp3) is 0.421. The number of benzene rings is 1. The average molecular weight is 328 g/mol. The first-order chi connectivity index (χ1) is 11.0. The second kappa shape index (κ2) is 8.26. The van der Waals surface area contributed by atoms with Crippen LogP contribution < -0.4 is 0 Å². The molecule has 0 radical (unpaired) electrons. The molecule has 3 nitrogen and oxygen atoms in total. The topological polar surface area (TPSA) is 47.3 Å². The van der Waals surface area contributed by atoms with Crippen molar-refractivity contribution in [1.82, 2.24) is 4.90 Å². The van der Waals surface area contributed by atoms with Gasteiger partial charge in [0.1, 0.15) is 0 Å². The van der Waals surface area contributed by atoms with Gasteiger partial charge in [0.05, 0.1) is 17.6 Å². The maximum absolute atomic E-state index is 10.4. The molecule has 0 aliphatic rings. The summed E-state index contributed by atoms with van der Waals surface area (Å²) in [6.45, 7) is 6.07. The van der Waals surface area contributed by atoms with Gasteiger partial charge in [-0.25, -0.2) is 0 Å². The number of nitrogens with zero attached hydrogens (tertiary/aromatic N) is 2. The minimum atomic E-state index is -0.491. The molecule has 2 aromatic rings. The lowest BCUT2D eigenvalue weighted by Crippen LogP contribution is -2.31. The Morgan fingerprint density at radius 3 is 2.61 bits per heavy atom. The van der Waals surface area contributed by atoms with Crippen LogP contribution in [-0.4, -0.2) is 23.1 Å². The SMILES string of the molecule is CC(C)(C#N)CCN(Cc1ccccc1)CC(O)c1ccsc1. The summed E-state index contributed by atoms with van der Waals surface area (Å²) in [4.78, 5) is 2.23. The van der Waals surface area contributed by atoms with Crippen molar-refractivity contribution in [2.24, 2.45) is 5.41 Å². The normalized spacial score (nSPS) is 13.0. The first-order valence-electron chi connectivity index (χ1n) is 7.88. The molecule has 0 amide bonds. The van der Waals surface area contributed by atoms with Crippen LogP contribution >= 0.6 is 11.3 Å². The largest absolute Gasteiger partial charge is 0.387 e. The Bertz CT molecular complexity index is 617. The van der Waals surface area contributed by atoms with Crippen LogP contribution in [0.4, 0.5) is 0 Å². The number of aliphatic hydroxyl groups is 1. The zero-order chi connectivity index (χ0) is 16.7. The number of rotatable bonds is 8. The van der Waals surface area contributed by atoms with E-state index < -0.39 is 6.10 Å². The lowest BCUT2D eigenvalue weighted by atomic mass is 9.91. The summed E-state index contributed by atoms with van der Waals surface area (Å²) in [6, 6.07) is 14.6. The van der Waals surface area contributed by atoms with E-state index in [-0.39, 0.29) is 5.41 Å². The number of thiophene rings is 1. The monoisotopic (exact) mass is 328 g/mol. The van der Waals surface area contributed by atoms with Gasteiger partial charge in [-0.2, -0.15) is 16.6 Å². The molecule has 0 spiro atoms. The van der Waals surface area contributed by atoms with E-state index in [1.54, 1.807) is 11.3 Å². The van der Waals surface area contributed by atoms with E-state index in [0.717, 1.165) is 25.1 Å². The van der Waals surface area contributed by atoms with Crippen molar-refractivity contribution < 1.29 is 5.11 Å². The molecule has 0 saturated carbocycles. The highest BCUT2D eigenvalue weighted by Crippen LogP contribution is 2.22. The molecule has 1 heterocycles. The summed E-state index contributed by atoms with van der Waals surface area (Å²) in [5.74, 6) is 0. The summed E-state index contributed by atoms with van der Waals surface area (Å²) in [5.41, 5.74) is 1.84. The highest BCUT2D eigenvalue weighted by Gasteiger charge is 2.20. The van der Waals surface area contributed by atoms with Crippen molar-refractivity contribution in [3.8, 4) is 6.07 Å². The third-order valence-electron chi connectivity index (χ3n) is 3.96. The lowest BCUT2D eigenvalue weighted by molar-refractivity contribution is 0.104. The van der Waals surface area contributed by atoms with Gasteiger partial charge in [-0.15, -0.1) is 0 Å². The molecule has 23 heavy (non-hydrogen) atoms. The molecule has 0 bridgehead atoms. The number of hydrogen-bond donors (Lipinski definition) is 1. The zero-order valence-electron chi connectivity index (χ0n) is 13.8. The van der Waals surface area contributed by atoms with Gasteiger partial charge < -0.3 is 5.11 Å². The van der Waals surface area contributed by atoms with Crippen LogP contribution in [0, 0.1) is 16.7 Å². The molecule has 0 aliphatic carbocycles. The maximum Gasteiger partial charge on any atom is 0.0925 e. The molecular weight excluding hydrogens is 304 g/mol. The lowest BCUT2D eigenvalue weighted by Gasteiger charge is -2.27. The van der Waals surface area contributed by atoms with E-state index in [1.165, 1.54) is 5.56 Å². The molecule has 1 aromatic heterocycles. The molecular formula is C19H24N2OS. The van der Waals surface area contributed by atoms with Crippen LogP contribution in [0.15, 0.2) is 47.2 Å². The first-order valence-corrected chi connectivity index (χ1v) is 8.82. The van der Waals surface area contributed by atoms with Crippen molar-refractivity contribution in [3.63, 3.8) is 0 Å². The molecule has 2 rings (SSSR count). The quantitative estimate of drug-likeness (QED) is 0.789. The fourth-order valence-electron chi connectivity index (χ4n) is 2.38. The smallest absolute Gasteiger partial charge is 0.0925 e. The molecule has 0 fully saturated rings. The van der Waals surface area contributed by atoms with Gasteiger partial charge in [0.2, 0.25) is 0 Å². The molecule has 0 saturated heterocycles. The molecule has 1 aromatic carbocycles. The van der Waals surface area contributed by atoms with Gasteiger partial charge in [0.25, 0.3) is 0 Å². The zero-order valence-corrected chi connectivity index (χ0v) is 14.6. The van der Waals surface area contributed by atoms with Gasteiger partial charge in [-0.1, -0.05) is 30.3 Å². The predicted octanol–water partition coefficient (Wildman–Crippen LogP) is 4.22. The Labute approximate surface area is 142 Å². The Balaban J connectivity index is 2.03. The van der Waals surface area contributed by atoms with E-state index in [0.29, 0.717) is 6.54 Å². The molecule has 1 N–H and O–H groups in total. The highest BCUT2D eigenvalue weighted by molar-refractivity contribution is 7.07. The standard InChI is InChI=1S/C19H24N2OS/c1-19(2,15-20)9-10-21(12-16-6-4-3-5-7-16)13-18(22)17-8-11-23-14-17/h3-8,11,14,18,22H,9-10,12-13H2,1-2H3. The van der Waals surface area contributed by atoms with Crippen LogP contribution in [-0.2, 0) is 6.54 Å². The fourth-order valence-corrected chi connectivity index (χ4v) is 3.09. The third kappa shape index (κ3) is 5.80. The van der Waals surface area contributed by atoms with Crippen LogP contribution in [0.1, 0.15) is 37.5 Å². The van der Waals surface area contributed by atoms with Crippen molar-refractivity contribution in [3.05, 3.63) is 58.3 Å².